The highest BCUT2D eigenvalue weighted by Gasteiger charge is 2.28. The fourth-order valence-electron chi connectivity index (χ4n) is 5.49. The van der Waals surface area contributed by atoms with Crippen molar-refractivity contribution in [3.63, 3.8) is 0 Å². The van der Waals surface area contributed by atoms with Gasteiger partial charge in [0.1, 0.15) is 10.7 Å². The van der Waals surface area contributed by atoms with Crippen LogP contribution in [0.4, 0.5) is 16.4 Å². The standard InChI is InChI=1S/C43H42N4O6S2/c1-6-35(40(50)47-42-36(43(52)53-5)27(4)37(55-42)41(51)44-31-16-11-8-12-17-31)54-33-19-13-18-32(25-33)45-39(49)34(46-38(48)30-14-9-7-10-15-30)24-28-20-22-29(23-21-28)26(2)3/h7-26,35H,6H2,1-5H3,(H,44,51)(H,45,49)(H,46,48)(H,47,50)/b34-24+. The van der Waals surface area contributed by atoms with Crippen LogP contribution in [0.5, 0.6) is 0 Å². The largest absolute Gasteiger partial charge is 0.465 e. The van der Waals surface area contributed by atoms with Gasteiger partial charge >= 0.3 is 5.97 Å². The number of rotatable bonds is 14. The number of para-hydroxylation sites is 1. The van der Waals surface area contributed by atoms with Gasteiger partial charge in [-0.15, -0.1) is 23.1 Å². The van der Waals surface area contributed by atoms with Gasteiger partial charge in [-0.3, -0.25) is 19.2 Å². The molecule has 0 bridgehead atoms. The van der Waals surface area contributed by atoms with E-state index in [0.29, 0.717) is 39.7 Å². The maximum atomic E-state index is 13.7. The van der Waals surface area contributed by atoms with Crippen LogP contribution in [-0.2, 0) is 14.3 Å². The Bertz CT molecular complexity index is 2200. The smallest absolute Gasteiger partial charge is 0.341 e. The first-order chi connectivity index (χ1) is 26.5. The lowest BCUT2D eigenvalue weighted by molar-refractivity contribution is -0.116. The highest BCUT2D eigenvalue weighted by atomic mass is 32.2. The van der Waals surface area contributed by atoms with E-state index in [9.17, 15) is 24.0 Å². The fraction of sp³-hybridized carbons (Fsp3) is 0.186. The third kappa shape index (κ3) is 10.6. The summed E-state index contributed by atoms with van der Waals surface area (Å²) < 4.78 is 5.00. The average Bonchev–Trinajstić information content (AvgIpc) is 3.52. The van der Waals surface area contributed by atoms with Crippen LogP contribution in [0.3, 0.4) is 0 Å². The number of thiophene rings is 1. The summed E-state index contributed by atoms with van der Waals surface area (Å²) in [5, 5.41) is 11.0. The van der Waals surface area contributed by atoms with Crippen LogP contribution < -0.4 is 21.3 Å². The molecule has 5 rings (SSSR count). The fourth-order valence-corrected chi connectivity index (χ4v) is 7.59. The van der Waals surface area contributed by atoms with E-state index in [4.69, 9.17) is 4.74 Å². The molecule has 55 heavy (non-hydrogen) atoms. The third-order valence-electron chi connectivity index (χ3n) is 8.49. The van der Waals surface area contributed by atoms with Gasteiger partial charge in [-0.25, -0.2) is 4.79 Å². The first-order valence-corrected chi connectivity index (χ1v) is 19.3. The molecule has 1 atom stereocenters. The Labute approximate surface area is 328 Å². The van der Waals surface area contributed by atoms with Crippen LogP contribution in [0.2, 0.25) is 0 Å². The number of methoxy groups -OCH3 is 1. The highest BCUT2D eigenvalue weighted by molar-refractivity contribution is 8.00. The Balaban J connectivity index is 1.33. The van der Waals surface area contributed by atoms with Gasteiger partial charge in [0.2, 0.25) is 5.91 Å². The number of carbonyl (C=O) groups excluding carboxylic acids is 5. The molecule has 5 aromatic rings. The zero-order valence-electron chi connectivity index (χ0n) is 31.1. The summed E-state index contributed by atoms with van der Waals surface area (Å²) in [6.07, 6.45) is 2.06. The molecule has 4 aromatic carbocycles. The van der Waals surface area contributed by atoms with Crippen molar-refractivity contribution in [3.8, 4) is 0 Å². The lowest BCUT2D eigenvalue weighted by atomic mass is 10.0. The zero-order chi connectivity index (χ0) is 39.5. The van der Waals surface area contributed by atoms with E-state index in [1.807, 2.05) is 43.3 Å². The molecule has 4 N–H and O–H groups in total. The number of thioether (sulfide) groups is 1. The zero-order valence-corrected chi connectivity index (χ0v) is 32.7. The number of hydrogen-bond donors (Lipinski definition) is 4. The number of hydrogen-bond acceptors (Lipinski definition) is 8. The summed E-state index contributed by atoms with van der Waals surface area (Å²) in [7, 11) is 1.24. The molecule has 0 saturated carbocycles. The minimum atomic E-state index is -0.673. The van der Waals surface area contributed by atoms with E-state index in [1.54, 1.807) is 85.8 Å². The van der Waals surface area contributed by atoms with Gasteiger partial charge in [0, 0.05) is 21.8 Å². The van der Waals surface area contributed by atoms with E-state index in [2.05, 4.69) is 35.1 Å². The van der Waals surface area contributed by atoms with Crippen molar-refractivity contribution >= 4 is 75.1 Å². The Morgan fingerprint density at radius 1 is 0.782 bits per heavy atom. The number of amides is 4. The molecule has 1 unspecified atom stereocenters. The monoisotopic (exact) mass is 774 g/mol. The molecular formula is C43H42N4O6S2. The molecule has 4 amide bonds. The van der Waals surface area contributed by atoms with Crippen molar-refractivity contribution in [1.29, 1.82) is 0 Å². The summed E-state index contributed by atoms with van der Waals surface area (Å²) in [5.74, 6) is -2.08. The molecule has 1 aromatic heterocycles. The van der Waals surface area contributed by atoms with Gasteiger partial charge in [0.25, 0.3) is 17.7 Å². The SMILES string of the molecule is CCC(Sc1cccc(NC(=O)/C(=C\c2ccc(C(C)C)cc2)NC(=O)c2ccccc2)c1)C(=O)Nc1sc(C(=O)Nc2ccccc2)c(C)c1C(=O)OC. The molecule has 12 heteroatoms. The van der Waals surface area contributed by atoms with Crippen LogP contribution in [0.15, 0.2) is 120 Å². The summed E-state index contributed by atoms with van der Waals surface area (Å²) >= 11 is 2.28. The lowest BCUT2D eigenvalue weighted by Crippen LogP contribution is -2.30. The minimum Gasteiger partial charge on any atom is -0.465 e. The molecule has 0 radical (unpaired) electrons. The molecular weight excluding hydrogens is 733 g/mol. The topological polar surface area (TPSA) is 143 Å². The summed E-state index contributed by atoms with van der Waals surface area (Å²) in [6, 6.07) is 32.4. The summed E-state index contributed by atoms with van der Waals surface area (Å²) in [6.45, 7) is 7.70. The van der Waals surface area contributed by atoms with Crippen molar-refractivity contribution < 1.29 is 28.7 Å². The molecule has 10 nitrogen and oxygen atoms in total. The van der Waals surface area contributed by atoms with E-state index in [-0.39, 0.29) is 27.0 Å². The van der Waals surface area contributed by atoms with E-state index in [0.717, 1.165) is 22.5 Å². The Hall–Kier alpha value is -5.98. The second-order valence-electron chi connectivity index (χ2n) is 12.8. The van der Waals surface area contributed by atoms with E-state index >= 15 is 0 Å². The van der Waals surface area contributed by atoms with Crippen molar-refractivity contribution in [2.75, 3.05) is 23.1 Å². The molecule has 0 fully saturated rings. The van der Waals surface area contributed by atoms with Crippen LogP contribution in [-0.4, -0.2) is 42.0 Å². The van der Waals surface area contributed by atoms with Gasteiger partial charge in [0.15, 0.2) is 0 Å². The average molecular weight is 775 g/mol. The summed E-state index contributed by atoms with van der Waals surface area (Å²) in [5.41, 5.74) is 3.90. The normalized spacial score (nSPS) is 11.7. The highest BCUT2D eigenvalue weighted by Crippen LogP contribution is 2.36. The Morgan fingerprint density at radius 3 is 2.07 bits per heavy atom. The van der Waals surface area contributed by atoms with Crippen LogP contribution in [0.1, 0.15) is 80.2 Å². The molecule has 0 saturated heterocycles. The predicted octanol–water partition coefficient (Wildman–Crippen LogP) is 9.14. The quantitative estimate of drug-likeness (QED) is 0.0501. The molecule has 282 valence electrons. The number of esters is 1. The molecule has 0 aliphatic heterocycles. The van der Waals surface area contributed by atoms with Gasteiger partial charge in [-0.2, -0.15) is 0 Å². The molecule has 0 aliphatic rings. The number of ether oxygens (including phenoxy) is 1. The van der Waals surface area contributed by atoms with Gasteiger partial charge in [0.05, 0.1) is 22.8 Å². The van der Waals surface area contributed by atoms with Crippen molar-refractivity contribution in [1.82, 2.24) is 5.32 Å². The lowest BCUT2D eigenvalue weighted by Gasteiger charge is -2.16. The number of nitrogens with one attached hydrogen (secondary N) is 4. The number of carbonyl (C=O) groups is 5. The second-order valence-corrected chi connectivity index (χ2v) is 15.1. The van der Waals surface area contributed by atoms with Crippen LogP contribution in [0, 0.1) is 6.92 Å². The Morgan fingerprint density at radius 2 is 1.44 bits per heavy atom. The van der Waals surface area contributed by atoms with Crippen molar-refractivity contribution in [2.24, 2.45) is 0 Å². The second kappa shape index (κ2) is 18.9. The molecule has 0 aliphatic carbocycles. The van der Waals surface area contributed by atoms with Crippen LogP contribution in [0.25, 0.3) is 6.08 Å². The van der Waals surface area contributed by atoms with Gasteiger partial charge < -0.3 is 26.0 Å². The number of anilines is 3. The molecule has 1 heterocycles. The van der Waals surface area contributed by atoms with E-state index in [1.165, 1.54) is 18.9 Å². The predicted molar refractivity (Wildman–Crippen MR) is 221 cm³/mol. The third-order valence-corrected chi connectivity index (χ3v) is 11.1. The maximum absolute atomic E-state index is 13.7. The summed E-state index contributed by atoms with van der Waals surface area (Å²) in [4.78, 5) is 67.6. The van der Waals surface area contributed by atoms with Crippen molar-refractivity contribution in [2.45, 2.75) is 50.2 Å². The molecule has 0 spiro atoms. The maximum Gasteiger partial charge on any atom is 0.341 e. The number of benzene rings is 4. The Kier molecular flexibility index (Phi) is 13.8. The van der Waals surface area contributed by atoms with E-state index < -0.39 is 28.9 Å². The minimum absolute atomic E-state index is 0.0551. The van der Waals surface area contributed by atoms with Crippen molar-refractivity contribution in [3.05, 3.63) is 148 Å². The van der Waals surface area contributed by atoms with Gasteiger partial charge in [-0.1, -0.05) is 87.5 Å². The van der Waals surface area contributed by atoms with Gasteiger partial charge in [-0.05, 0) is 84.5 Å². The van der Waals surface area contributed by atoms with Crippen LogP contribution >= 0.6 is 23.1 Å². The first-order valence-electron chi connectivity index (χ1n) is 17.6. The first kappa shape index (κ1) is 40.2.